The number of benzene rings is 1. The van der Waals surface area contributed by atoms with Gasteiger partial charge in [-0.2, -0.15) is 0 Å². The highest BCUT2D eigenvalue weighted by Gasteiger charge is 2.71. The Morgan fingerprint density at radius 1 is 1.15 bits per heavy atom. The average Bonchev–Trinajstić information content (AvgIpc) is 2.93. The standard InChI is InChI=1S/C12H11N/c1-2-4-11-9(3-1)5-6-13(11)12-7-10(12)8-12/h1-6,10H,7-8H2. The van der Waals surface area contributed by atoms with E-state index in [1.165, 1.54) is 23.7 Å². The van der Waals surface area contributed by atoms with E-state index >= 15 is 0 Å². The lowest BCUT2D eigenvalue weighted by atomic mass is 10.2. The van der Waals surface area contributed by atoms with Gasteiger partial charge in [0.2, 0.25) is 0 Å². The number of fused-ring (bicyclic) bond motifs is 2. The highest BCUT2D eigenvalue weighted by atomic mass is 15.2. The molecule has 13 heavy (non-hydrogen) atoms. The summed E-state index contributed by atoms with van der Waals surface area (Å²) in [4.78, 5) is 0. The van der Waals surface area contributed by atoms with E-state index < -0.39 is 0 Å². The van der Waals surface area contributed by atoms with Crippen LogP contribution in [0.2, 0.25) is 0 Å². The largest absolute Gasteiger partial charge is 0.341 e. The number of hydrogen-bond donors (Lipinski definition) is 0. The molecule has 1 aromatic heterocycles. The second-order valence-corrected chi connectivity index (χ2v) is 4.45. The van der Waals surface area contributed by atoms with Crippen molar-refractivity contribution >= 4 is 10.9 Å². The Morgan fingerprint density at radius 3 is 2.69 bits per heavy atom. The Balaban J connectivity index is 2.06. The summed E-state index contributed by atoms with van der Waals surface area (Å²) in [5, 5.41) is 1.38. The van der Waals surface area contributed by atoms with Crippen molar-refractivity contribution in [2.75, 3.05) is 0 Å². The Labute approximate surface area is 77.0 Å². The lowest BCUT2D eigenvalue weighted by molar-refractivity contribution is 0.618. The van der Waals surface area contributed by atoms with Crippen LogP contribution in [0.4, 0.5) is 0 Å². The molecule has 2 fully saturated rings. The lowest BCUT2D eigenvalue weighted by Gasteiger charge is -2.07. The van der Waals surface area contributed by atoms with Crippen molar-refractivity contribution in [3.63, 3.8) is 0 Å². The Kier molecular flexibility index (Phi) is 0.804. The first-order chi connectivity index (χ1) is 6.40. The zero-order valence-electron chi connectivity index (χ0n) is 7.40. The van der Waals surface area contributed by atoms with Gasteiger partial charge < -0.3 is 4.57 Å². The summed E-state index contributed by atoms with van der Waals surface area (Å²) < 4.78 is 2.49. The first-order valence-electron chi connectivity index (χ1n) is 4.97. The zero-order valence-corrected chi connectivity index (χ0v) is 7.40. The van der Waals surface area contributed by atoms with Gasteiger partial charge in [0.1, 0.15) is 0 Å². The first kappa shape index (κ1) is 6.25. The molecule has 4 rings (SSSR count). The van der Waals surface area contributed by atoms with Crippen molar-refractivity contribution in [2.45, 2.75) is 18.4 Å². The molecule has 0 radical (unpaired) electrons. The second kappa shape index (κ2) is 1.67. The zero-order chi connectivity index (χ0) is 8.47. The summed E-state index contributed by atoms with van der Waals surface area (Å²) in [6.07, 6.45) is 5.11. The molecular formula is C12H11N. The van der Waals surface area contributed by atoms with Crippen LogP contribution in [0, 0.1) is 5.92 Å². The molecule has 0 saturated heterocycles. The second-order valence-electron chi connectivity index (χ2n) is 4.45. The van der Waals surface area contributed by atoms with E-state index in [4.69, 9.17) is 0 Å². The number of aromatic nitrogens is 1. The molecule has 1 heteroatoms. The van der Waals surface area contributed by atoms with Crippen LogP contribution in [0.25, 0.3) is 10.9 Å². The van der Waals surface area contributed by atoms with E-state index in [0.29, 0.717) is 5.54 Å². The topological polar surface area (TPSA) is 4.93 Å². The van der Waals surface area contributed by atoms with Gasteiger partial charge in [0.05, 0.1) is 0 Å². The highest BCUT2D eigenvalue weighted by Crippen LogP contribution is 2.73. The maximum atomic E-state index is 2.49. The molecule has 1 nitrogen and oxygen atoms in total. The molecule has 0 bridgehead atoms. The third-order valence-corrected chi connectivity index (χ3v) is 3.72. The van der Waals surface area contributed by atoms with Crippen molar-refractivity contribution in [3.8, 4) is 0 Å². The summed E-state index contributed by atoms with van der Waals surface area (Å²) >= 11 is 0. The van der Waals surface area contributed by atoms with E-state index in [1.54, 1.807) is 0 Å². The van der Waals surface area contributed by atoms with Gasteiger partial charge in [-0.3, -0.25) is 0 Å². The van der Waals surface area contributed by atoms with Crippen molar-refractivity contribution in [3.05, 3.63) is 36.5 Å². The molecule has 2 aliphatic carbocycles. The van der Waals surface area contributed by atoms with Crippen LogP contribution >= 0.6 is 0 Å². The maximum Gasteiger partial charge on any atom is 0.0485 e. The molecule has 0 aliphatic heterocycles. The van der Waals surface area contributed by atoms with Gasteiger partial charge in [0.15, 0.2) is 0 Å². The molecule has 64 valence electrons. The molecule has 0 atom stereocenters. The molecular weight excluding hydrogens is 158 g/mol. The van der Waals surface area contributed by atoms with Gasteiger partial charge in [0, 0.05) is 17.3 Å². The predicted molar refractivity (Wildman–Crippen MR) is 52.6 cm³/mol. The summed E-state index contributed by atoms with van der Waals surface area (Å²) in [5.74, 6) is 1.02. The van der Waals surface area contributed by atoms with Gasteiger partial charge in [-0.25, -0.2) is 0 Å². The fraction of sp³-hybridized carbons (Fsp3) is 0.333. The van der Waals surface area contributed by atoms with Crippen molar-refractivity contribution < 1.29 is 0 Å². The fourth-order valence-corrected chi connectivity index (χ4v) is 2.54. The molecule has 0 spiro atoms. The van der Waals surface area contributed by atoms with Gasteiger partial charge in [0.25, 0.3) is 0 Å². The minimum Gasteiger partial charge on any atom is -0.341 e. The van der Waals surface area contributed by atoms with E-state index in [0.717, 1.165) is 5.92 Å². The molecule has 0 unspecified atom stereocenters. The first-order valence-corrected chi connectivity index (χ1v) is 4.97. The highest BCUT2D eigenvalue weighted by molar-refractivity contribution is 5.80. The number of hydrogen-bond acceptors (Lipinski definition) is 0. The van der Waals surface area contributed by atoms with Crippen molar-refractivity contribution in [1.29, 1.82) is 0 Å². The van der Waals surface area contributed by atoms with Crippen LogP contribution in [0.15, 0.2) is 36.5 Å². The predicted octanol–water partition coefficient (Wildman–Crippen LogP) is 2.76. The summed E-state index contributed by atoms with van der Waals surface area (Å²) in [5.41, 5.74) is 2.01. The minimum atomic E-state index is 0.586. The van der Waals surface area contributed by atoms with Crippen LogP contribution in [-0.2, 0) is 5.54 Å². The van der Waals surface area contributed by atoms with Gasteiger partial charge in [-0.05, 0) is 36.3 Å². The van der Waals surface area contributed by atoms with E-state index in [2.05, 4.69) is 41.1 Å². The molecule has 0 amide bonds. The van der Waals surface area contributed by atoms with Crippen LogP contribution in [-0.4, -0.2) is 4.57 Å². The van der Waals surface area contributed by atoms with Crippen LogP contribution in [0.5, 0.6) is 0 Å². The molecule has 2 saturated carbocycles. The fourth-order valence-electron chi connectivity index (χ4n) is 2.54. The molecule has 1 aromatic carbocycles. The summed E-state index contributed by atoms with van der Waals surface area (Å²) in [7, 11) is 0. The molecule has 2 aromatic rings. The Bertz CT molecular complexity index is 489. The van der Waals surface area contributed by atoms with Gasteiger partial charge in [-0.1, -0.05) is 18.2 Å². The third kappa shape index (κ3) is 0.611. The molecule has 0 N–H and O–H groups in total. The van der Waals surface area contributed by atoms with E-state index in [9.17, 15) is 0 Å². The Morgan fingerprint density at radius 2 is 1.92 bits per heavy atom. The van der Waals surface area contributed by atoms with Gasteiger partial charge in [-0.15, -0.1) is 0 Å². The third-order valence-electron chi connectivity index (χ3n) is 3.72. The number of nitrogens with zero attached hydrogens (tertiary/aromatic N) is 1. The lowest BCUT2D eigenvalue weighted by Crippen LogP contribution is -2.04. The normalized spacial score (nSPS) is 34.6. The smallest absolute Gasteiger partial charge is 0.0485 e. The van der Waals surface area contributed by atoms with Crippen LogP contribution < -0.4 is 0 Å². The van der Waals surface area contributed by atoms with Crippen molar-refractivity contribution in [2.24, 2.45) is 5.92 Å². The molecule has 2 aliphatic rings. The maximum absolute atomic E-state index is 2.49. The number of para-hydroxylation sites is 1. The summed E-state index contributed by atoms with van der Waals surface area (Å²) in [6.45, 7) is 0. The van der Waals surface area contributed by atoms with Crippen LogP contribution in [0.1, 0.15) is 12.8 Å². The Hall–Kier alpha value is -1.24. The van der Waals surface area contributed by atoms with Crippen LogP contribution in [0.3, 0.4) is 0 Å². The monoisotopic (exact) mass is 169 g/mol. The average molecular weight is 169 g/mol. The quantitative estimate of drug-likeness (QED) is 0.618. The summed E-state index contributed by atoms with van der Waals surface area (Å²) in [6, 6.07) is 10.9. The van der Waals surface area contributed by atoms with E-state index in [1.807, 2.05) is 0 Å². The SMILES string of the molecule is c1ccc2c(c1)ccn2C12CC1C2. The molecule has 1 heterocycles. The number of rotatable bonds is 1. The van der Waals surface area contributed by atoms with Gasteiger partial charge >= 0.3 is 0 Å². The minimum absolute atomic E-state index is 0.586. The van der Waals surface area contributed by atoms with Crippen molar-refractivity contribution in [1.82, 2.24) is 4.57 Å². The van der Waals surface area contributed by atoms with E-state index in [-0.39, 0.29) is 0 Å².